The third kappa shape index (κ3) is 4.51. The fourth-order valence-corrected chi connectivity index (χ4v) is 2.17. The Balaban J connectivity index is 1.79. The summed E-state index contributed by atoms with van der Waals surface area (Å²) in [4.78, 5) is 0. The minimum Gasteiger partial charge on any atom is -0.493 e. The summed E-state index contributed by atoms with van der Waals surface area (Å²) >= 11 is 0. The van der Waals surface area contributed by atoms with E-state index in [4.69, 9.17) is 4.74 Å². The molecule has 19 heavy (non-hydrogen) atoms. The van der Waals surface area contributed by atoms with Gasteiger partial charge in [0.25, 0.3) is 0 Å². The van der Waals surface area contributed by atoms with Crippen LogP contribution in [-0.2, 0) is 13.0 Å². The molecule has 2 N–H and O–H groups in total. The van der Waals surface area contributed by atoms with Gasteiger partial charge in [-0.05, 0) is 44.9 Å². The van der Waals surface area contributed by atoms with Gasteiger partial charge in [0, 0.05) is 31.1 Å². The lowest BCUT2D eigenvalue weighted by Gasteiger charge is -2.24. The first-order chi connectivity index (χ1) is 8.94. The highest BCUT2D eigenvalue weighted by Crippen LogP contribution is 2.25. The summed E-state index contributed by atoms with van der Waals surface area (Å²) in [6, 6.07) is 6.97. The van der Waals surface area contributed by atoms with E-state index >= 15 is 0 Å². The van der Waals surface area contributed by atoms with Crippen molar-refractivity contribution in [2.45, 2.75) is 52.2 Å². The van der Waals surface area contributed by atoms with Gasteiger partial charge in [0.15, 0.2) is 0 Å². The van der Waals surface area contributed by atoms with Crippen LogP contribution in [0.15, 0.2) is 18.2 Å². The molecule has 0 fully saturated rings. The van der Waals surface area contributed by atoms with Crippen molar-refractivity contribution in [3.05, 3.63) is 29.3 Å². The van der Waals surface area contributed by atoms with E-state index in [2.05, 4.69) is 56.5 Å². The number of rotatable bonds is 5. The Bertz CT molecular complexity index is 423. The van der Waals surface area contributed by atoms with Gasteiger partial charge in [-0.3, -0.25) is 0 Å². The van der Waals surface area contributed by atoms with E-state index in [9.17, 15) is 0 Å². The Labute approximate surface area is 116 Å². The summed E-state index contributed by atoms with van der Waals surface area (Å²) in [5.74, 6) is 1.06. The number of fused-ring (bicyclic) bond motifs is 1. The van der Waals surface area contributed by atoms with Crippen LogP contribution in [0.2, 0.25) is 0 Å². The molecule has 2 rings (SSSR count). The normalized spacial score (nSPS) is 16.0. The Morgan fingerprint density at radius 3 is 2.84 bits per heavy atom. The first-order valence-electron chi connectivity index (χ1n) is 7.17. The molecule has 0 aromatic heterocycles. The molecule has 1 aromatic rings. The van der Waals surface area contributed by atoms with Crippen molar-refractivity contribution >= 4 is 0 Å². The van der Waals surface area contributed by atoms with Gasteiger partial charge in [-0.25, -0.2) is 0 Å². The van der Waals surface area contributed by atoms with Crippen LogP contribution in [0.25, 0.3) is 0 Å². The lowest BCUT2D eigenvalue weighted by molar-refractivity contribution is 0.356. The molecule has 0 spiro atoms. The van der Waals surface area contributed by atoms with Gasteiger partial charge >= 0.3 is 0 Å². The number of nitrogens with one attached hydrogen (secondary N) is 2. The van der Waals surface area contributed by atoms with Crippen molar-refractivity contribution in [3.8, 4) is 5.75 Å². The average molecular weight is 262 g/mol. The standard InChI is InChI=1S/C16H26N2O/c1-12(10-18-16(2,3)4)17-11-13-5-6-15-14(9-13)7-8-19-15/h5-6,9,12,17-18H,7-8,10-11H2,1-4H3. The molecule has 1 unspecified atom stereocenters. The number of benzene rings is 1. The minimum absolute atomic E-state index is 0.181. The van der Waals surface area contributed by atoms with E-state index in [0.717, 1.165) is 31.9 Å². The zero-order chi connectivity index (χ0) is 13.9. The second-order valence-electron chi connectivity index (χ2n) is 6.45. The maximum absolute atomic E-state index is 5.52. The first kappa shape index (κ1) is 14.4. The van der Waals surface area contributed by atoms with Crippen LogP contribution in [0.1, 0.15) is 38.8 Å². The fraction of sp³-hybridized carbons (Fsp3) is 0.625. The lowest BCUT2D eigenvalue weighted by Crippen LogP contribution is -2.44. The van der Waals surface area contributed by atoms with Crippen LogP contribution in [0, 0.1) is 0 Å². The second kappa shape index (κ2) is 5.93. The van der Waals surface area contributed by atoms with Crippen LogP contribution < -0.4 is 15.4 Å². The molecule has 1 aromatic carbocycles. The van der Waals surface area contributed by atoms with Gasteiger partial charge < -0.3 is 15.4 Å². The van der Waals surface area contributed by atoms with Crippen LogP contribution in [0.3, 0.4) is 0 Å². The molecule has 1 aliphatic rings. The van der Waals surface area contributed by atoms with E-state index < -0.39 is 0 Å². The summed E-state index contributed by atoms with van der Waals surface area (Å²) in [5, 5.41) is 7.08. The topological polar surface area (TPSA) is 33.3 Å². The van der Waals surface area contributed by atoms with Crippen molar-refractivity contribution in [2.24, 2.45) is 0 Å². The predicted molar refractivity (Wildman–Crippen MR) is 79.7 cm³/mol. The maximum Gasteiger partial charge on any atom is 0.122 e. The predicted octanol–water partition coefficient (Wildman–Crippen LogP) is 2.49. The quantitative estimate of drug-likeness (QED) is 0.855. The van der Waals surface area contributed by atoms with Gasteiger partial charge in [-0.2, -0.15) is 0 Å². The molecule has 0 radical (unpaired) electrons. The molecule has 0 bridgehead atoms. The molecule has 3 nitrogen and oxygen atoms in total. The summed E-state index contributed by atoms with van der Waals surface area (Å²) in [6.07, 6.45) is 1.05. The van der Waals surface area contributed by atoms with Crippen LogP contribution in [0.4, 0.5) is 0 Å². The molecule has 1 heterocycles. The highest BCUT2D eigenvalue weighted by atomic mass is 16.5. The molecule has 1 aliphatic heterocycles. The van der Waals surface area contributed by atoms with Crippen LogP contribution in [0.5, 0.6) is 5.75 Å². The Morgan fingerprint density at radius 2 is 2.11 bits per heavy atom. The Hall–Kier alpha value is -1.06. The van der Waals surface area contributed by atoms with E-state index in [1.54, 1.807) is 0 Å². The van der Waals surface area contributed by atoms with Gasteiger partial charge in [-0.1, -0.05) is 12.1 Å². The maximum atomic E-state index is 5.52. The van der Waals surface area contributed by atoms with E-state index in [1.165, 1.54) is 11.1 Å². The SMILES string of the molecule is CC(CNC(C)(C)C)NCc1ccc2c(c1)CCO2. The zero-order valence-corrected chi connectivity index (χ0v) is 12.5. The number of ether oxygens (including phenoxy) is 1. The van der Waals surface area contributed by atoms with E-state index in [-0.39, 0.29) is 5.54 Å². The molecule has 106 valence electrons. The number of hydrogen-bond acceptors (Lipinski definition) is 3. The summed E-state index contributed by atoms with van der Waals surface area (Å²) in [7, 11) is 0. The third-order valence-electron chi connectivity index (χ3n) is 3.35. The third-order valence-corrected chi connectivity index (χ3v) is 3.35. The molecule has 0 saturated heterocycles. The molecule has 0 aliphatic carbocycles. The molecule has 0 saturated carbocycles. The molecule has 3 heteroatoms. The van der Waals surface area contributed by atoms with Crippen molar-refractivity contribution in [1.29, 1.82) is 0 Å². The summed E-state index contributed by atoms with van der Waals surface area (Å²) < 4.78 is 5.52. The van der Waals surface area contributed by atoms with Gasteiger partial charge in [0.2, 0.25) is 0 Å². The van der Waals surface area contributed by atoms with Crippen molar-refractivity contribution in [3.63, 3.8) is 0 Å². The van der Waals surface area contributed by atoms with Crippen LogP contribution >= 0.6 is 0 Å². The van der Waals surface area contributed by atoms with Gasteiger partial charge in [0.05, 0.1) is 6.61 Å². The highest BCUT2D eigenvalue weighted by molar-refractivity contribution is 5.39. The molecule has 1 atom stereocenters. The fourth-order valence-electron chi connectivity index (χ4n) is 2.17. The monoisotopic (exact) mass is 262 g/mol. The zero-order valence-electron chi connectivity index (χ0n) is 12.5. The summed E-state index contributed by atoms with van der Waals surface area (Å²) in [6.45, 7) is 11.5. The first-order valence-corrected chi connectivity index (χ1v) is 7.17. The molecular formula is C16H26N2O. The second-order valence-corrected chi connectivity index (χ2v) is 6.45. The van der Waals surface area contributed by atoms with Crippen molar-refractivity contribution in [1.82, 2.24) is 10.6 Å². The number of hydrogen-bond donors (Lipinski definition) is 2. The molecular weight excluding hydrogens is 236 g/mol. The Kier molecular flexibility index (Phi) is 4.48. The van der Waals surface area contributed by atoms with E-state index in [0.29, 0.717) is 6.04 Å². The largest absolute Gasteiger partial charge is 0.493 e. The Morgan fingerprint density at radius 1 is 1.32 bits per heavy atom. The van der Waals surface area contributed by atoms with Gasteiger partial charge in [0.1, 0.15) is 5.75 Å². The highest BCUT2D eigenvalue weighted by Gasteiger charge is 2.13. The van der Waals surface area contributed by atoms with Crippen molar-refractivity contribution in [2.75, 3.05) is 13.2 Å². The smallest absolute Gasteiger partial charge is 0.122 e. The minimum atomic E-state index is 0.181. The van der Waals surface area contributed by atoms with Crippen LogP contribution in [-0.4, -0.2) is 24.7 Å². The average Bonchev–Trinajstić information content (AvgIpc) is 2.80. The van der Waals surface area contributed by atoms with Crippen molar-refractivity contribution < 1.29 is 4.74 Å². The van der Waals surface area contributed by atoms with E-state index in [1.807, 2.05) is 0 Å². The summed E-state index contributed by atoms with van der Waals surface area (Å²) in [5.41, 5.74) is 2.87. The van der Waals surface area contributed by atoms with Gasteiger partial charge in [-0.15, -0.1) is 0 Å². The molecule has 0 amide bonds. The lowest BCUT2D eigenvalue weighted by atomic mass is 10.1.